The number of aromatic carboxylic acids is 1. The van der Waals surface area contributed by atoms with Crippen LogP contribution in [-0.4, -0.2) is 21.2 Å². The van der Waals surface area contributed by atoms with Crippen LogP contribution in [0, 0.1) is 6.92 Å². The molecule has 0 aromatic carbocycles. The first-order valence-corrected chi connectivity index (χ1v) is 7.66. The predicted molar refractivity (Wildman–Crippen MR) is 78.0 cm³/mol. The van der Waals surface area contributed by atoms with Gasteiger partial charge in [0.25, 0.3) is 5.89 Å². The third kappa shape index (κ3) is 2.96. The highest BCUT2D eigenvalue weighted by molar-refractivity contribution is 7.14. The molecule has 0 saturated carbocycles. The highest BCUT2D eigenvalue weighted by Gasteiger charge is 2.17. The van der Waals surface area contributed by atoms with E-state index in [1.165, 1.54) is 22.7 Å². The topological polar surface area (TPSA) is 85.5 Å². The normalized spacial score (nSPS) is 10.7. The Morgan fingerprint density at radius 3 is 3.10 bits per heavy atom. The van der Waals surface area contributed by atoms with Crippen LogP contribution in [0.3, 0.4) is 0 Å². The number of ether oxygens (including phenoxy) is 1. The van der Waals surface area contributed by atoms with Crippen LogP contribution in [0.2, 0.25) is 0 Å². The van der Waals surface area contributed by atoms with Crippen LogP contribution in [0.5, 0.6) is 5.75 Å². The van der Waals surface area contributed by atoms with Gasteiger partial charge in [0.2, 0.25) is 5.82 Å². The summed E-state index contributed by atoms with van der Waals surface area (Å²) in [4.78, 5) is 17.2. The molecule has 108 valence electrons. The molecule has 3 aromatic heterocycles. The Morgan fingerprint density at radius 2 is 2.38 bits per heavy atom. The summed E-state index contributed by atoms with van der Waals surface area (Å²) in [5.74, 6) is 0.130. The summed E-state index contributed by atoms with van der Waals surface area (Å²) in [5.41, 5.74) is 0. The Kier molecular flexibility index (Phi) is 3.72. The fourth-order valence-electron chi connectivity index (χ4n) is 1.70. The second-order valence-electron chi connectivity index (χ2n) is 4.14. The Bertz CT molecular complexity index is 761. The average Bonchev–Trinajstić information content (AvgIpc) is 3.16. The summed E-state index contributed by atoms with van der Waals surface area (Å²) in [6, 6.07) is 5.47. The Hall–Kier alpha value is -2.19. The van der Waals surface area contributed by atoms with Gasteiger partial charge in [0, 0.05) is 4.88 Å². The van der Waals surface area contributed by atoms with Crippen molar-refractivity contribution in [1.29, 1.82) is 0 Å². The first kappa shape index (κ1) is 13.8. The van der Waals surface area contributed by atoms with Crippen LogP contribution < -0.4 is 4.74 Å². The number of hydrogen-bond acceptors (Lipinski definition) is 7. The van der Waals surface area contributed by atoms with Gasteiger partial charge in [0.15, 0.2) is 11.5 Å². The lowest BCUT2D eigenvalue weighted by Gasteiger charge is -2.01. The first-order valence-electron chi connectivity index (χ1n) is 5.96. The van der Waals surface area contributed by atoms with Crippen LogP contribution in [0.4, 0.5) is 0 Å². The molecule has 8 heteroatoms. The van der Waals surface area contributed by atoms with Gasteiger partial charge in [-0.1, -0.05) is 11.2 Å². The molecule has 0 saturated heterocycles. The molecule has 3 rings (SSSR count). The second-order valence-corrected chi connectivity index (χ2v) is 6.34. The van der Waals surface area contributed by atoms with E-state index in [9.17, 15) is 4.79 Å². The molecule has 0 fully saturated rings. The third-order valence-electron chi connectivity index (χ3n) is 2.57. The summed E-state index contributed by atoms with van der Waals surface area (Å²) < 4.78 is 10.6. The van der Waals surface area contributed by atoms with Crippen molar-refractivity contribution in [2.75, 3.05) is 0 Å². The Balaban J connectivity index is 1.72. The molecule has 0 spiro atoms. The number of carboxylic acids is 1. The fraction of sp³-hybridized carbons (Fsp3) is 0.154. The molecule has 0 bridgehead atoms. The molecule has 1 N–H and O–H groups in total. The molecular weight excluding hydrogens is 312 g/mol. The van der Waals surface area contributed by atoms with Gasteiger partial charge in [-0.15, -0.1) is 22.7 Å². The van der Waals surface area contributed by atoms with Crippen molar-refractivity contribution in [3.05, 3.63) is 39.2 Å². The molecule has 0 unspecified atom stereocenters. The van der Waals surface area contributed by atoms with E-state index in [4.69, 9.17) is 14.4 Å². The van der Waals surface area contributed by atoms with Gasteiger partial charge in [-0.2, -0.15) is 4.98 Å². The standard InChI is InChI=1S/C13H10N2O4S2/c1-7-5-8(11(21-7)13(16)17)18-6-10-14-12(19-15-10)9-3-2-4-20-9/h2-5H,6H2,1H3,(H,16,17). The summed E-state index contributed by atoms with van der Waals surface area (Å²) >= 11 is 2.67. The van der Waals surface area contributed by atoms with Gasteiger partial charge in [-0.05, 0) is 24.4 Å². The van der Waals surface area contributed by atoms with E-state index < -0.39 is 5.97 Å². The Labute approximate surface area is 127 Å². The molecule has 6 nitrogen and oxygen atoms in total. The van der Waals surface area contributed by atoms with Gasteiger partial charge < -0.3 is 14.4 Å². The highest BCUT2D eigenvalue weighted by atomic mass is 32.1. The lowest BCUT2D eigenvalue weighted by atomic mass is 10.4. The summed E-state index contributed by atoms with van der Waals surface area (Å²) in [7, 11) is 0. The van der Waals surface area contributed by atoms with Gasteiger partial charge >= 0.3 is 5.97 Å². The maximum Gasteiger partial charge on any atom is 0.349 e. The second kappa shape index (κ2) is 5.66. The number of rotatable bonds is 5. The molecular formula is C13H10N2O4S2. The van der Waals surface area contributed by atoms with Crippen molar-refractivity contribution in [2.24, 2.45) is 0 Å². The molecule has 0 aliphatic rings. The zero-order chi connectivity index (χ0) is 14.8. The van der Waals surface area contributed by atoms with E-state index in [-0.39, 0.29) is 11.5 Å². The number of aryl methyl sites for hydroxylation is 1. The minimum absolute atomic E-state index is 0.0608. The summed E-state index contributed by atoms with van der Waals surface area (Å²) in [6.45, 7) is 1.89. The number of hydrogen-bond donors (Lipinski definition) is 1. The number of aromatic nitrogens is 2. The third-order valence-corrected chi connectivity index (χ3v) is 4.45. The minimum Gasteiger partial charge on any atom is -0.484 e. The van der Waals surface area contributed by atoms with Crippen molar-refractivity contribution in [1.82, 2.24) is 10.1 Å². The molecule has 0 aliphatic carbocycles. The van der Waals surface area contributed by atoms with E-state index in [1.807, 2.05) is 24.4 Å². The number of carboxylic acid groups (broad SMARTS) is 1. The number of thiophene rings is 2. The van der Waals surface area contributed by atoms with Crippen molar-refractivity contribution in [3.63, 3.8) is 0 Å². The average molecular weight is 322 g/mol. The van der Waals surface area contributed by atoms with Gasteiger partial charge in [0.05, 0.1) is 4.88 Å². The van der Waals surface area contributed by atoms with Crippen molar-refractivity contribution < 1.29 is 19.2 Å². The minimum atomic E-state index is -1.00. The smallest absolute Gasteiger partial charge is 0.349 e. The molecule has 3 aromatic rings. The summed E-state index contributed by atoms with van der Waals surface area (Å²) in [5, 5.41) is 14.8. The van der Waals surface area contributed by atoms with Crippen molar-refractivity contribution in [3.8, 4) is 16.5 Å². The maximum absolute atomic E-state index is 11.1. The monoisotopic (exact) mass is 322 g/mol. The van der Waals surface area contributed by atoms with Crippen molar-refractivity contribution in [2.45, 2.75) is 13.5 Å². The lowest BCUT2D eigenvalue weighted by Crippen LogP contribution is -2.01. The zero-order valence-corrected chi connectivity index (χ0v) is 12.5. The summed E-state index contributed by atoms with van der Waals surface area (Å²) in [6.07, 6.45) is 0. The zero-order valence-electron chi connectivity index (χ0n) is 10.9. The predicted octanol–water partition coefficient (Wildman–Crippen LogP) is 3.45. The molecule has 0 atom stereocenters. The van der Waals surface area contributed by atoms with Gasteiger partial charge in [0.1, 0.15) is 5.75 Å². The van der Waals surface area contributed by atoms with Crippen LogP contribution in [-0.2, 0) is 6.61 Å². The van der Waals surface area contributed by atoms with E-state index >= 15 is 0 Å². The van der Waals surface area contributed by atoms with Crippen LogP contribution >= 0.6 is 22.7 Å². The fourth-order valence-corrected chi connectivity index (χ4v) is 3.14. The largest absolute Gasteiger partial charge is 0.484 e. The SMILES string of the molecule is Cc1cc(OCc2noc(-c3cccs3)n2)c(C(=O)O)s1. The Morgan fingerprint density at radius 1 is 1.52 bits per heavy atom. The first-order chi connectivity index (χ1) is 10.1. The maximum atomic E-state index is 11.1. The van der Waals surface area contributed by atoms with E-state index in [1.54, 1.807) is 6.07 Å². The lowest BCUT2D eigenvalue weighted by molar-refractivity contribution is 0.0697. The molecule has 0 aliphatic heterocycles. The number of carbonyl (C=O) groups is 1. The van der Waals surface area contributed by atoms with E-state index in [0.717, 1.165) is 9.75 Å². The van der Waals surface area contributed by atoms with Crippen molar-refractivity contribution >= 4 is 28.6 Å². The van der Waals surface area contributed by atoms with E-state index in [2.05, 4.69) is 10.1 Å². The van der Waals surface area contributed by atoms with Crippen LogP contribution in [0.15, 0.2) is 28.1 Å². The molecule has 0 radical (unpaired) electrons. The molecule has 3 heterocycles. The number of nitrogens with zero attached hydrogens (tertiary/aromatic N) is 2. The van der Waals surface area contributed by atoms with Crippen LogP contribution in [0.1, 0.15) is 20.4 Å². The highest BCUT2D eigenvalue weighted by Crippen LogP contribution is 2.29. The van der Waals surface area contributed by atoms with Crippen LogP contribution in [0.25, 0.3) is 10.8 Å². The van der Waals surface area contributed by atoms with Gasteiger partial charge in [-0.3, -0.25) is 0 Å². The van der Waals surface area contributed by atoms with Gasteiger partial charge in [-0.25, -0.2) is 4.79 Å². The van der Waals surface area contributed by atoms with E-state index in [0.29, 0.717) is 17.5 Å². The quantitative estimate of drug-likeness (QED) is 0.774. The molecule has 21 heavy (non-hydrogen) atoms. The molecule has 0 amide bonds.